The number of esters is 1. The van der Waals surface area contributed by atoms with E-state index in [2.05, 4.69) is 21.3 Å². The minimum absolute atomic E-state index is 0.0228. The standard InChI is InChI=1S/C57H79N7O17/c1-5-57(72)43-34-46-52-41(35-64(46)55(70)42(43)36-81-56(57)71)39-8-6-9-40-44(10-11-45(60-52)50(39)40)61-53(68)38(4)59-54(69)51(37(2)3)62-47(65)14-18-73-20-22-75-24-26-77-28-30-79-32-33-80-31-29-78-27-25-76-23-21-74-19-16-58-15-7-17-63-48(66)12-13-49(63)67/h10-13,34,37-38,51,58,72H,5-9,14-33,35-36H2,1-4H3,(H,59,69)(H,61,68)(H,62,65)/t38-,51-,57-/m0/s1. The normalized spacial score (nSPS) is 16.9. The van der Waals surface area contributed by atoms with Gasteiger partial charge in [0.1, 0.15) is 18.7 Å². The number of aromatic nitrogens is 2. The zero-order chi connectivity index (χ0) is 57.7. The molecule has 3 aromatic rings. The van der Waals surface area contributed by atoms with Crippen molar-refractivity contribution in [2.75, 3.05) is 131 Å². The highest BCUT2D eigenvalue weighted by atomic mass is 16.6. The van der Waals surface area contributed by atoms with Crippen LogP contribution < -0.4 is 26.8 Å². The van der Waals surface area contributed by atoms with E-state index in [1.165, 1.54) is 17.1 Å². The summed E-state index contributed by atoms with van der Waals surface area (Å²) in [7, 11) is 0. The van der Waals surface area contributed by atoms with Gasteiger partial charge in [-0.25, -0.2) is 9.78 Å². The average Bonchev–Trinajstić information content (AvgIpc) is 2.91. The summed E-state index contributed by atoms with van der Waals surface area (Å²) in [6.07, 6.45) is 5.52. The minimum atomic E-state index is -1.93. The van der Waals surface area contributed by atoms with E-state index in [4.69, 9.17) is 47.6 Å². The van der Waals surface area contributed by atoms with Crippen LogP contribution in [0.1, 0.15) is 81.2 Å². The number of hydrogen-bond donors (Lipinski definition) is 5. The van der Waals surface area contributed by atoms with Crippen LogP contribution in [-0.2, 0) is 103 Å². The Morgan fingerprint density at radius 1 is 0.704 bits per heavy atom. The van der Waals surface area contributed by atoms with Crippen LogP contribution in [0.5, 0.6) is 0 Å². The van der Waals surface area contributed by atoms with Crippen LogP contribution in [0.2, 0.25) is 0 Å². The number of carbonyl (C=O) groups is 6. The van der Waals surface area contributed by atoms with Gasteiger partial charge in [-0.15, -0.1) is 0 Å². The van der Waals surface area contributed by atoms with Crippen molar-refractivity contribution in [1.82, 2.24) is 30.4 Å². The number of benzene rings is 1. The lowest BCUT2D eigenvalue weighted by Crippen LogP contribution is -2.53. The molecule has 0 fully saturated rings. The molecule has 4 aliphatic rings. The van der Waals surface area contributed by atoms with Crippen molar-refractivity contribution in [3.63, 3.8) is 0 Å². The van der Waals surface area contributed by atoms with Crippen molar-refractivity contribution in [3.05, 3.63) is 68.5 Å². The van der Waals surface area contributed by atoms with E-state index in [1.807, 2.05) is 6.07 Å². The highest BCUT2D eigenvalue weighted by molar-refractivity contribution is 6.12. The lowest BCUT2D eigenvalue weighted by molar-refractivity contribution is -0.172. The van der Waals surface area contributed by atoms with Gasteiger partial charge in [0.25, 0.3) is 17.4 Å². The van der Waals surface area contributed by atoms with Crippen molar-refractivity contribution in [2.24, 2.45) is 5.92 Å². The van der Waals surface area contributed by atoms with E-state index < -0.39 is 35.5 Å². The third-order valence-electron chi connectivity index (χ3n) is 14.3. The topological polar surface area (TPSA) is 292 Å². The Labute approximate surface area is 471 Å². The molecule has 0 saturated heterocycles. The highest BCUT2D eigenvalue weighted by Gasteiger charge is 2.46. The fourth-order valence-electron chi connectivity index (χ4n) is 9.91. The molecule has 5 amide bonds. The molecule has 1 aliphatic carbocycles. The van der Waals surface area contributed by atoms with Crippen LogP contribution in [0.3, 0.4) is 0 Å². The first-order valence-corrected chi connectivity index (χ1v) is 28.1. The SMILES string of the molecule is CC[C@@]1(O)C(=O)OCc2c1cc1n(c2=O)Cc2c-1nc1ccc(NC(=O)[C@H](C)NC(=O)[C@@H](NC(=O)CCOCCOCCOCCOCCOCCOCCOCCOCCNCCCN3C(=O)C=CC3=O)C(C)C)c3c1c2CCC3. The number of anilines is 1. The lowest BCUT2D eigenvalue weighted by Gasteiger charge is -2.31. The second kappa shape index (κ2) is 31.4. The lowest BCUT2D eigenvalue weighted by atomic mass is 9.85. The number of nitrogens with one attached hydrogen (secondary N) is 4. The van der Waals surface area contributed by atoms with Crippen LogP contribution >= 0.6 is 0 Å². The molecule has 0 spiro atoms. The van der Waals surface area contributed by atoms with Crippen LogP contribution in [-0.4, -0.2) is 192 Å². The van der Waals surface area contributed by atoms with E-state index in [-0.39, 0.29) is 79.5 Å². The average molecular weight is 1130 g/mol. The summed E-state index contributed by atoms with van der Waals surface area (Å²) in [6.45, 7) is 15.1. The second-order valence-corrected chi connectivity index (χ2v) is 20.3. The molecule has 81 heavy (non-hydrogen) atoms. The Bertz CT molecular complexity index is 2750. The van der Waals surface area contributed by atoms with Gasteiger partial charge in [-0.05, 0) is 80.8 Å². The van der Waals surface area contributed by atoms with Gasteiger partial charge >= 0.3 is 5.97 Å². The molecule has 2 aromatic heterocycles. The number of carbonyl (C=O) groups excluding carboxylic acids is 6. The first-order chi connectivity index (χ1) is 39.2. The number of imide groups is 1. The highest BCUT2D eigenvalue weighted by Crippen LogP contribution is 2.43. The largest absolute Gasteiger partial charge is 0.458 e. The number of hydrogen-bond acceptors (Lipinski definition) is 19. The van der Waals surface area contributed by atoms with Crippen molar-refractivity contribution >= 4 is 52.1 Å². The molecule has 7 rings (SSSR count). The number of aliphatic hydroxyl groups is 1. The van der Waals surface area contributed by atoms with Gasteiger partial charge in [0, 0.05) is 53.9 Å². The van der Waals surface area contributed by atoms with Crippen LogP contribution in [0, 0.1) is 5.92 Å². The fourth-order valence-corrected chi connectivity index (χ4v) is 9.91. The predicted octanol–water partition coefficient (Wildman–Crippen LogP) is 1.58. The molecule has 5 N–H and O–H groups in total. The maximum atomic E-state index is 13.8. The zero-order valence-electron chi connectivity index (χ0n) is 47.0. The third kappa shape index (κ3) is 16.8. The molecule has 1 aromatic carbocycles. The van der Waals surface area contributed by atoms with Crippen LogP contribution in [0.4, 0.5) is 5.69 Å². The Morgan fingerprint density at radius 3 is 1.85 bits per heavy atom. The quantitative estimate of drug-likeness (QED) is 0.0242. The minimum Gasteiger partial charge on any atom is -0.458 e. The number of amides is 5. The predicted molar refractivity (Wildman–Crippen MR) is 294 cm³/mol. The Balaban J connectivity index is 0.678. The molecule has 3 aliphatic heterocycles. The van der Waals surface area contributed by atoms with E-state index in [9.17, 15) is 38.7 Å². The third-order valence-corrected chi connectivity index (χ3v) is 14.3. The summed E-state index contributed by atoms with van der Waals surface area (Å²) in [5.74, 6) is -2.87. The van der Waals surface area contributed by atoms with Crippen molar-refractivity contribution in [2.45, 2.75) is 97.1 Å². The maximum Gasteiger partial charge on any atom is 0.343 e. The van der Waals surface area contributed by atoms with Crippen molar-refractivity contribution in [3.8, 4) is 11.4 Å². The van der Waals surface area contributed by atoms with Gasteiger partial charge in [0.15, 0.2) is 5.60 Å². The van der Waals surface area contributed by atoms with Gasteiger partial charge in [-0.1, -0.05) is 20.8 Å². The number of fused-ring (bicyclic) bond motifs is 5. The van der Waals surface area contributed by atoms with Gasteiger partial charge in [-0.3, -0.25) is 33.7 Å². The molecule has 0 unspecified atom stereocenters. The first-order valence-electron chi connectivity index (χ1n) is 28.1. The molecule has 24 heteroatoms. The maximum absolute atomic E-state index is 13.8. The van der Waals surface area contributed by atoms with E-state index in [0.29, 0.717) is 148 Å². The molecule has 0 bridgehead atoms. The summed E-state index contributed by atoms with van der Waals surface area (Å²) >= 11 is 0. The summed E-state index contributed by atoms with van der Waals surface area (Å²) in [4.78, 5) is 95.8. The molecule has 0 saturated carbocycles. The summed E-state index contributed by atoms with van der Waals surface area (Å²) in [5, 5.41) is 24.0. The Hall–Kier alpha value is -6.06. The van der Waals surface area contributed by atoms with Gasteiger partial charge in [-0.2, -0.15) is 0 Å². The number of cyclic esters (lactones) is 1. The van der Waals surface area contributed by atoms with Crippen molar-refractivity contribution in [1.29, 1.82) is 0 Å². The molecule has 0 radical (unpaired) electrons. The number of pyridine rings is 2. The molecular weight excluding hydrogens is 1050 g/mol. The van der Waals surface area contributed by atoms with Crippen molar-refractivity contribution < 1.29 is 76.5 Å². The molecule has 24 nitrogen and oxygen atoms in total. The number of rotatable bonds is 38. The fraction of sp³-hybridized carbons (Fsp3) is 0.614. The number of nitrogens with zero attached hydrogens (tertiary/aromatic N) is 3. The Kier molecular flexibility index (Phi) is 24.2. The molecule has 3 atom stereocenters. The van der Waals surface area contributed by atoms with Crippen LogP contribution in [0.15, 0.2) is 35.1 Å². The number of ether oxygens (including phenoxy) is 9. The van der Waals surface area contributed by atoms with Gasteiger partial charge in [0.2, 0.25) is 17.7 Å². The van der Waals surface area contributed by atoms with E-state index in [1.54, 1.807) is 44.4 Å². The molecular formula is C57H79N7O17. The number of aryl methyl sites for hydroxylation is 2. The van der Waals surface area contributed by atoms with Crippen LogP contribution in [0.25, 0.3) is 22.3 Å². The summed E-state index contributed by atoms with van der Waals surface area (Å²) in [5.41, 5.74) is 3.54. The summed E-state index contributed by atoms with van der Waals surface area (Å²) in [6, 6.07) is 3.48. The zero-order valence-corrected chi connectivity index (χ0v) is 47.0. The first kappa shape index (κ1) is 62.5. The Morgan fingerprint density at radius 2 is 1.27 bits per heavy atom. The molecule has 5 heterocycles. The van der Waals surface area contributed by atoms with Gasteiger partial charge in [0.05, 0.1) is 135 Å². The summed E-state index contributed by atoms with van der Waals surface area (Å²) < 4.78 is 51.1. The van der Waals surface area contributed by atoms with Gasteiger partial charge < -0.3 is 73.6 Å². The monoisotopic (exact) mass is 1130 g/mol. The second-order valence-electron chi connectivity index (χ2n) is 20.3. The van der Waals surface area contributed by atoms with E-state index >= 15 is 0 Å². The smallest absolute Gasteiger partial charge is 0.343 e. The molecule has 444 valence electrons. The van der Waals surface area contributed by atoms with E-state index in [0.717, 1.165) is 34.9 Å².